The van der Waals surface area contributed by atoms with E-state index in [-0.39, 0.29) is 0 Å². The second-order valence-electron chi connectivity index (χ2n) is 4.24. The third-order valence-corrected chi connectivity index (χ3v) is 2.78. The van der Waals surface area contributed by atoms with Crippen LogP contribution in [0.15, 0.2) is 24.3 Å². The molecule has 0 fully saturated rings. The molecule has 1 N–H and O–H groups in total. The van der Waals surface area contributed by atoms with E-state index >= 15 is 0 Å². The van der Waals surface area contributed by atoms with Crippen LogP contribution in [0, 0.1) is 6.92 Å². The number of benzene rings is 1. The minimum absolute atomic E-state index is 0.801. The Labute approximate surface area is 105 Å². The Balaban J connectivity index is 2.17. The SMILES string of the molecule is CCOCCN(C)CCNc1ccccc1C. The normalized spacial score (nSPS) is 10.8. The van der Waals surface area contributed by atoms with Gasteiger partial charge in [-0.3, -0.25) is 0 Å². The highest BCUT2D eigenvalue weighted by Gasteiger charge is 1.99. The van der Waals surface area contributed by atoms with Gasteiger partial charge >= 0.3 is 0 Å². The van der Waals surface area contributed by atoms with Crippen LogP contribution in [0.3, 0.4) is 0 Å². The summed E-state index contributed by atoms with van der Waals surface area (Å²) in [6.45, 7) is 8.76. The van der Waals surface area contributed by atoms with Gasteiger partial charge in [-0.1, -0.05) is 18.2 Å². The molecular weight excluding hydrogens is 212 g/mol. The highest BCUT2D eigenvalue weighted by atomic mass is 16.5. The van der Waals surface area contributed by atoms with Crippen LogP contribution in [0.5, 0.6) is 0 Å². The van der Waals surface area contributed by atoms with E-state index in [0.717, 1.165) is 32.8 Å². The van der Waals surface area contributed by atoms with Crippen LogP contribution in [-0.4, -0.2) is 44.8 Å². The van der Waals surface area contributed by atoms with Gasteiger partial charge in [0.05, 0.1) is 6.61 Å². The van der Waals surface area contributed by atoms with Crippen LogP contribution in [0.25, 0.3) is 0 Å². The zero-order valence-corrected chi connectivity index (χ0v) is 11.2. The summed E-state index contributed by atoms with van der Waals surface area (Å²) in [5.74, 6) is 0. The average Bonchev–Trinajstić information content (AvgIpc) is 2.32. The van der Waals surface area contributed by atoms with Crippen molar-refractivity contribution in [1.29, 1.82) is 0 Å². The van der Waals surface area contributed by atoms with Gasteiger partial charge in [-0.15, -0.1) is 0 Å². The van der Waals surface area contributed by atoms with Crippen molar-refractivity contribution in [3.05, 3.63) is 29.8 Å². The molecule has 0 unspecified atom stereocenters. The van der Waals surface area contributed by atoms with Gasteiger partial charge in [0.15, 0.2) is 0 Å². The number of ether oxygens (including phenoxy) is 1. The summed E-state index contributed by atoms with van der Waals surface area (Å²) in [6.07, 6.45) is 0. The molecule has 0 aromatic heterocycles. The van der Waals surface area contributed by atoms with E-state index in [2.05, 4.69) is 48.5 Å². The van der Waals surface area contributed by atoms with Crippen LogP contribution in [0.2, 0.25) is 0 Å². The number of nitrogens with zero attached hydrogens (tertiary/aromatic N) is 1. The predicted octanol–water partition coefficient (Wildman–Crippen LogP) is 2.38. The van der Waals surface area contributed by atoms with Crippen molar-refractivity contribution in [2.75, 3.05) is 45.2 Å². The smallest absolute Gasteiger partial charge is 0.0593 e. The van der Waals surface area contributed by atoms with Crippen molar-refractivity contribution in [3.63, 3.8) is 0 Å². The number of hydrogen-bond donors (Lipinski definition) is 1. The Morgan fingerprint density at radius 3 is 2.71 bits per heavy atom. The number of aryl methyl sites for hydroxylation is 1. The van der Waals surface area contributed by atoms with E-state index in [9.17, 15) is 0 Å². The Bertz CT molecular complexity index is 315. The minimum Gasteiger partial charge on any atom is -0.384 e. The van der Waals surface area contributed by atoms with E-state index in [4.69, 9.17) is 4.74 Å². The molecule has 0 atom stereocenters. The van der Waals surface area contributed by atoms with Crippen LogP contribution >= 0.6 is 0 Å². The number of anilines is 1. The number of rotatable bonds is 8. The molecule has 0 saturated carbocycles. The number of likely N-dealkylation sites (N-methyl/N-ethyl adjacent to an activating group) is 1. The van der Waals surface area contributed by atoms with Gasteiger partial charge in [-0.25, -0.2) is 0 Å². The first-order valence-corrected chi connectivity index (χ1v) is 6.30. The van der Waals surface area contributed by atoms with E-state index < -0.39 is 0 Å². The summed E-state index contributed by atoms with van der Waals surface area (Å²) in [7, 11) is 2.12. The van der Waals surface area contributed by atoms with E-state index in [1.165, 1.54) is 11.3 Å². The van der Waals surface area contributed by atoms with Gasteiger partial charge in [0.2, 0.25) is 0 Å². The molecular formula is C14H24N2O. The molecule has 0 aliphatic rings. The molecule has 1 aromatic rings. The summed E-state index contributed by atoms with van der Waals surface area (Å²) in [5.41, 5.74) is 2.52. The lowest BCUT2D eigenvalue weighted by atomic mass is 10.2. The fraction of sp³-hybridized carbons (Fsp3) is 0.571. The van der Waals surface area contributed by atoms with Gasteiger partial charge < -0.3 is 15.0 Å². The monoisotopic (exact) mass is 236 g/mol. The lowest BCUT2D eigenvalue weighted by Crippen LogP contribution is -2.28. The molecule has 96 valence electrons. The Hall–Kier alpha value is -1.06. The molecule has 0 radical (unpaired) electrons. The molecule has 0 amide bonds. The molecule has 1 rings (SSSR count). The van der Waals surface area contributed by atoms with Crippen molar-refractivity contribution in [1.82, 2.24) is 4.90 Å². The number of hydrogen-bond acceptors (Lipinski definition) is 3. The highest BCUT2D eigenvalue weighted by Crippen LogP contribution is 2.12. The predicted molar refractivity (Wildman–Crippen MR) is 73.7 cm³/mol. The molecule has 3 nitrogen and oxygen atoms in total. The van der Waals surface area contributed by atoms with Crippen molar-refractivity contribution < 1.29 is 4.74 Å². The first kappa shape index (κ1) is 14.0. The fourth-order valence-electron chi connectivity index (χ4n) is 1.63. The van der Waals surface area contributed by atoms with Gasteiger partial charge in [0.1, 0.15) is 0 Å². The summed E-state index contributed by atoms with van der Waals surface area (Å²) >= 11 is 0. The quantitative estimate of drug-likeness (QED) is 0.701. The van der Waals surface area contributed by atoms with Gasteiger partial charge in [0.25, 0.3) is 0 Å². The number of nitrogens with one attached hydrogen (secondary N) is 1. The van der Waals surface area contributed by atoms with Crippen LogP contribution in [-0.2, 0) is 4.74 Å². The summed E-state index contributed by atoms with van der Waals surface area (Å²) < 4.78 is 5.33. The average molecular weight is 236 g/mol. The summed E-state index contributed by atoms with van der Waals surface area (Å²) in [6, 6.07) is 8.37. The molecule has 0 bridgehead atoms. The topological polar surface area (TPSA) is 24.5 Å². The zero-order valence-electron chi connectivity index (χ0n) is 11.2. The van der Waals surface area contributed by atoms with Crippen molar-refractivity contribution in [2.24, 2.45) is 0 Å². The maximum atomic E-state index is 5.33. The maximum absolute atomic E-state index is 5.33. The maximum Gasteiger partial charge on any atom is 0.0593 e. The second kappa shape index (κ2) is 8.09. The molecule has 0 aliphatic heterocycles. The standard InChI is InChI=1S/C14H24N2O/c1-4-17-12-11-16(3)10-9-15-14-8-6-5-7-13(14)2/h5-8,15H,4,9-12H2,1-3H3. The Morgan fingerprint density at radius 1 is 1.24 bits per heavy atom. The molecule has 3 heteroatoms. The highest BCUT2D eigenvalue weighted by molar-refractivity contribution is 5.50. The fourth-order valence-corrected chi connectivity index (χ4v) is 1.63. The first-order chi connectivity index (χ1) is 8.24. The molecule has 1 aromatic carbocycles. The van der Waals surface area contributed by atoms with E-state index in [0.29, 0.717) is 0 Å². The first-order valence-electron chi connectivity index (χ1n) is 6.30. The molecule has 0 aliphatic carbocycles. The summed E-state index contributed by atoms with van der Waals surface area (Å²) in [4.78, 5) is 2.28. The molecule has 0 saturated heterocycles. The van der Waals surface area contributed by atoms with Gasteiger partial charge in [-0.05, 0) is 32.5 Å². The minimum atomic E-state index is 0.801. The third-order valence-electron chi connectivity index (χ3n) is 2.78. The van der Waals surface area contributed by atoms with Gasteiger partial charge in [-0.2, -0.15) is 0 Å². The zero-order chi connectivity index (χ0) is 12.5. The molecule has 0 heterocycles. The Kier molecular flexibility index (Phi) is 6.67. The third kappa shape index (κ3) is 5.71. The largest absolute Gasteiger partial charge is 0.384 e. The van der Waals surface area contributed by atoms with Crippen molar-refractivity contribution in [3.8, 4) is 0 Å². The lowest BCUT2D eigenvalue weighted by molar-refractivity contribution is 0.123. The van der Waals surface area contributed by atoms with Gasteiger partial charge in [0, 0.05) is 31.9 Å². The molecule has 0 spiro atoms. The van der Waals surface area contributed by atoms with Crippen LogP contribution < -0.4 is 5.32 Å². The van der Waals surface area contributed by atoms with Crippen LogP contribution in [0.1, 0.15) is 12.5 Å². The number of para-hydroxylation sites is 1. The molecule has 17 heavy (non-hydrogen) atoms. The summed E-state index contributed by atoms with van der Waals surface area (Å²) in [5, 5.41) is 3.45. The van der Waals surface area contributed by atoms with Crippen LogP contribution in [0.4, 0.5) is 5.69 Å². The van der Waals surface area contributed by atoms with Crippen molar-refractivity contribution >= 4 is 5.69 Å². The van der Waals surface area contributed by atoms with E-state index in [1.807, 2.05) is 6.92 Å². The lowest BCUT2D eigenvalue weighted by Gasteiger charge is -2.17. The van der Waals surface area contributed by atoms with E-state index in [1.54, 1.807) is 0 Å². The Morgan fingerprint density at radius 2 is 2.00 bits per heavy atom. The van der Waals surface area contributed by atoms with Crippen molar-refractivity contribution in [2.45, 2.75) is 13.8 Å². The second-order valence-corrected chi connectivity index (χ2v) is 4.24.